The van der Waals surface area contributed by atoms with Crippen molar-refractivity contribution in [1.29, 1.82) is 0 Å². The summed E-state index contributed by atoms with van der Waals surface area (Å²) in [6.45, 7) is 1.51. The summed E-state index contributed by atoms with van der Waals surface area (Å²) >= 11 is 0. The Bertz CT molecular complexity index is 400. The van der Waals surface area contributed by atoms with Crippen LogP contribution in [-0.2, 0) is 7.05 Å². The van der Waals surface area contributed by atoms with Crippen LogP contribution in [0.4, 0.5) is 0 Å². The number of nitrogens with zero attached hydrogens (tertiary/aromatic N) is 2. The molecule has 1 aliphatic carbocycles. The summed E-state index contributed by atoms with van der Waals surface area (Å²) in [6.07, 6.45) is 9.59. The molecule has 2 N–H and O–H groups in total. The molecule has 0 aromatic carbocycles. The average molecular weight is 301 g/mol. The summed E-state index contributed by atoms with van der Waals surface area (Å²) in [6, 6.07) is 2.37. The van der Waals surface area contributed by atoms with Crippen molar-refractivity contribution in [2.24, 2.45) is 7.05 Å². The van der Waals surface area contributed by atoms with Crippen molar-refractivity contribution in [1.82, 2.24) is 20.4 Å². The van der Waals surface area contributed by atoms with Crippen LogP contribution in [-0.4, -0.2) is 34.8 Å². The predicted molar refractivity (Wildman–Crippen MR) is 82.3 cm³/mol. The molecule has 1 aromatic heterocycles. The van der Waals surface area contributed by atoms with E-state index in [0.717, 1.165) is 6.54 Å². The number of aryl methyl sites for hydroxylation is 1. The Balaban J connectivity index is 0.00000200. The fourth-order valence-corrected chi connectivity index (χ4v) is 2.62. The van der Waals surface area contributed by atoms with E-state index >= 15 is 0 Å². The van der Waals surface area contributed by atoms with Gasteiger partial charge in [0.25, 0.3) is 5.91 Å². The Labute approximate surface area is 126 Å². The highest BCUT2D eigenvalue weighted by Crippen LogP contribution is 2.16. The van der Waals surface area contributed by atoms with Crippen molar-refractivity contribution in [2.45, 2.75) is 44.6 Å². The topological polar surface area (TPSA) is 59.0 Å². The summed E-state index contributed by atoms with van der Waals surface area (Å²) in [4.78, 5) is 11.8. The van der Waals surface area contributed by atoms with Crippen molar-refractivity contribution in [3.8, 4) is 0 Å². The lowest BCUT2D eigenvalue weighted by Gasteiger charge is -2.16. The Morgan fingerprint density at radius 3 is 2.60 bits per heavy atom. The normalized spacial score (nSPS) is 16.2. The lowest BCUT2D eigenvalue weighted by atomic mass is 10.1. The zero-order valence-corrected chi connectivity index (χ0v) is 12.9. The SMILES string of the molecule is Cl.Cn1nccc1C(=O)NCCNC1CCCCCC1. The van der Waals surface area contributed by atoms with E-state index in [1.54, 1.807) is 24.0 Å². The van der Waals surface area contributed by atoms with Gasteiger partial charge in [-0.3, -0.25) is 9.48 Å². The minimum absolute atomic E-state index is 0. The number of halogens is 1. The van der Waals surface area contributed by atoms with Crippen LogP contribution in [0, 0.1) is 0 Å². The van der Waals surface area contributed by atoms with Gasteiger partial charge in [-0.15, -0.1) is 12.4 Å². The number of aromatic nitrogens is 2. The van der Waals surface area contributed by atoms with E-state index in [-0.39, 0.29) is 18.3 Å². The maximum atomic E-state index is 11.8. The number of amides is 1. The van der Waals surface area contributed by atoms with Gasteiger partial charge >= 0.3 is 0 Å². The largest absolute Gasteiger partial charge is 0.349 e. The Hall–Kier alpha value is -1.07. The first-order chi connectivity index (χ1) is 9.27. The van der Waals surface area contributed by atoms with Crippen LogP contribution in [0.5, 0.6) is 0 Å². The van der Waals surface area contributed by atoms with E-state index < -0.39 is 0 Å². The molecule has 0 saturated heterocycles. The maximum Gasteiger partial charge on any atom is 0.269 e. The van der Waals surface area contributed by atoms with Crippen LogP contribution in [0.15, 0.2) is 12.3 Å². The molecule has 1 aromatic rings. The molecule has 0 bridgehead atoms. The number of hydrogen-bond donors (Lipinski definition) is 2. The van der Waals surface area contributed by atoms with Gasteiger partial charge < -0.3 is 10.6 Å². The zero-order chi connectivity index (χ0) is 13.5. The summed E-state index contributed by atoms with van der Waals surface area (Å²) in [5, 5.41) is 10.4. The van der Waals surface area contributed by atoms with Crippen LogP contribution < -0.4 is 10.6 Å². The molecule has 1 amide bonds. The minimum atomic E-state index is -0.0531. The highest BCUT2D eigenvalue weighted by atomic mass is 35.5. The zero-order valence-electron chi connectivity index (χ0n) is 12.1. The van der Waals surface area contributed by atoms with Gasteiger partial charge in [0.15, 0.2) is 0 Å². The van der Waals surface area contributed by atoms with Gasteiger partial charge in [0.1, 0.15) is 5.69 Å². The maximum absolute atomic E-state index is 11.8. The van der Waals surface area contributed by atoms with E-state index in [0.29, 0.717) is 18.3 Å². The minimum Gasteiger partial charge on any atom is -0.349 e. The molecule has 1 fully saturated rings. The monoisotopic (exact) mass is 300 g/mol. The second-order valence-corrected chi connectivity index (χ2v) is 5.24. The molecule has 0 radical (unpaired) electrons. The number of nitrogens with one attached hydrogen (secondary N) is 2. The highest BCUT2D eigenvalue weighted by Gasteiger charge is 2.12. The smallest absolute Gasteiger partial charge is 0.269 e. The Morgan fingerprint density at radius 2 is 2.00 bits per heavy atom. The lowest BCUT2D eigenvalue weighted by molar-refractivity contribution is 0.0944. The molecule has 0 spiro atoms. The van der Waals surface area contributed by atoms with Gasteiger partial charge in [0.05, 0.1) is 0 Å². The number of carbonyl (C=O) groups is 1. The first-order valence-electron chi connectivity index (χ1n) is 7.27. The molecule has 6 heteroatoms. The Morgan fingerprint density at radius 1 is 1.30 bits per heavy atom. The fourth-order valence-electron chi connectivity index (χ4n) is 2.62. The molecule has 2 rings (SSSR count). The molecule has 5 nitrogen and oxygen atoms in total. The highest BCUT2D eigenvalue weighted by molar-refractivity contribution is 5.92. The molecule has 1 heterocycles. The van der Waals surface area contributed by atoms with E-state index in [2.05, 4.69) is 15.7 Å². The molecule has 0 unspecified atom stereocenters. The molecular formula is C14H25ClN4O. The van der Waals surface area contributed by atoms with Gasteiger partial charge in [0, 0.05) is 32.4 Å². The Kier molecular flexibility index (Phi) is 7.62. The van der Waals surface area contributed by atoms with Crippen LogP contribution in [0.3, 0.4) is 0 Å². The second kappa shape index (κ2) is 8.97. The first kappa shape index (κ1) is 17.0. The third-order valence-corrected chi connectivity index (χ3v) is 3.75. The molecule has 1 aliphatic rings. The van der Waals surface area contributed by atoms with E-state index in [1.807, 2.05) is 0 Å². The number of hydrogen-bond acceptors (Lipinski definition) is 3. The number of rotatable bonds is 5. The second-order valence-electron chi connectivity index (χ2n) is 5.24. The summed E-state index contributed by atoms with van der Waals surface area (Å²) in [5.74, 6) is -0.0531. The van der Waals surface area contributed by atoms with Crippen molar-refractivity contribution < 1.29 is 4.79 Å². The molecule has 0 atom stereocenters. The third kappa shape index (κ3) is 5.13. The average Bonchev–Trinajstić information content (AvgIpc) is 2.68. The van der Waals surface area contributed by atoms with Crippen LogP contribution in [0.2, 0.25) is 0 Å². The van der Waals surface area contributed by atoms with Crippen LogP contribution in [0.1, 0.15) is 49.0 Å². The summed E-state index contributed by atoms with van der Waals surface area (Å²) in [5.41, 5.74) is 0.606. The molecular weight excluding hydrogens is 276 g/mol. The summed E-state index contributed by atoms with van der Waals surface area (Å²) in [7, 11) is 1.78. The van der Waals surface area contributed by atoms with Gasteiger partial charge in [-0.1, -0.05) is 25.7 Å². The van der Waals surface area contributed by atoms with Gasteiger partial charge in [-0.05, 0) is 18.9 Å². The molecule has 20 heavy (non-hydrogen) atoms. The first-order valence-corrected chi connectivity index (χ1v) is 7.27. The molecule has 114 valence electrons. The van der Waals surface area contributed by atoms with Crippen molar-refractivity contribution in [3.63, 3.8) is 0 Å². The number of carbonyl (C=O) groups excluding carboxylic acids is 1. The standard InChI is InChI=1S/C14H24N4O.ClH/c1-18-13(8-9-17-18)14(19)16-11-10-15-12-6-4-2-3-5-7-12;/h8-9,12,15H,2-7,10-11H2,1H3,(H,16,19);1H. The van der Waals surface area contributed by atoms with Gasteiger partial charge in [0.2, 0.25) is 0 Å². The fraction of sp³-hybridized carbons (Fsp3) is 0.714. The van der Waals surface area contributed by atoms with Crippen molar-refractivity contribution in [2.75, 3.05) is 13.1 Å². The van der Waals surface area contributed by atoms with Crippen molar-refractivity contribution in [3.05, 3.63) is 18.0 Å². The van der Waals surface area contributed by atoms with E-state index in [1.165, 1.54) is 38.5 Å². The lowest BCUT2D eigenvalue weighted by Crippen LogP contribution is -2.37. The van der Waals surface area contributed by atoms with E-state index in [4.69, 9.17) is 0 Å². The molecule has 0 aliphatic heterocycles. The summed E-state index contributed by atoms with van der Waals surface area (Å²) < 4.78 is 1.59. The van der Waals surface area contributed by atoms with Gasteiger partial charge in [-0.25, -0.2) is 0 Å². The van der Waals surface area contributed by atoms with Crippen molar-refractivity contribution >= 4 is 18.3 Å². The van der Waals surface area contributed by atoms with Crippen LogP contribution in [0.25, 0.3) is 0 Å². The predicted octanol–water partition coefficient (Wildman–Crippen LogP) is 1.88. The van der Waals surface area contributed by atoms with E-state index in [9.17, 15) is 4.79 Å². The third-order valence-electron chi connectivity index (χ3n) is 3.75. The molecule has 1 saturated carbocycles. The quantitative estimate of drug-likeness (QED) is 0.645. The van der Waals surface area contributed by atoms with Gasteiger partial charge in [-0.2, -0.15) is 5.10 Å². The van der Waals surface area contributed by atoms with Crippen LogP contribution >= 0.6 is 12.4 Å².